The van der Waals surface area contributed by atoms with Gasteiger partial charge in [-0.2, -0.15) is 0 Å². The summed E-state index contributed by atoms with van der Waals surface area (Å²) in [5, 5.41) is 5.00. The Morgan fingerprint density at radius 1 is 1.21 bits per heavy atom. The highest BCUT2D eigenvalue weighted by atomic mass is 35.5. The summed E-state index contributed by atoms with van der Waals surface area (Å²) in [6.07, 6.45) is 0. The van der Waals surface area contributed by atoms with E-state index in [0.717, 1.165) is 5.69 Å². The summed E-state index contributed by atoms with van der Waals surface area (Å²) in [5.74, 6) is -0.385. The van der Waals surface area contributed by atoms with Crippen molar-refractivity contribution in [2.45, 2.75) is 6.04 Å². The molecule has 0 spiro atoms. The highest BCUT2D eigenvalue weighted by Gasteiger charge is 2.50. The van der Waals surface area contributed by atoms with Crippen LogP contribution in [0, 0.1) is 11.8 Å². The normalized spacial score (nSPS) is 24.3. The molecule has 152 valence electrons. The molecule has 0 aromatic heterocycles. The van der Waals surface area contributed by atoms with Crippen LogP contribution in [0.4, 0.5) is 11.4 Å². The fourth-order valence-corrected chi connectivity index (χ4v) is 4.24. The minimum Gasteiger partial charge on any atom is -0.495 e. The van der Waals surface area contributed by atoms with Gasteiger partial charge in [0, 0.05) is 18.1 Å². The van der Waals surface area contributed by atoms with Gasteiger partial charge in [-0.25, -0.2) is 10.4 Å². The number of para-hydroxylation sites is 1. The first-order valence-corrected chi connectivity index (χ1v) is 9.84. The Hall–Kier alpha value is -2.61. The summed E-state index contributed by atoms with van der Waals surface area (Å²) in [5.41, 5.74) is 4.56. The van der Waals surface area contributed by atoms with Gasteiger partial charge < -0.3 is 15.0 Å². The van der Waals surface area contributed by atoms with Crippen LogP contribution >= 0.6 is 11.6 Å². The molecule has 4 rings (SSSR count). The molecule has 0 bridgehead atoms. The van der Waals surface area contributed by atoms with Gasteiger partial charge in [0.05, 0.1) is 36.4 Å². The number of amides is 2. The smallest absolute Gasteiger partial charge is 0.247 e. The Balaban J connectivity index is 1.58. The zero-order chi connectivity index (χ0) is 20.5. The number of likely N-dealkylation sites (tertiary alicyclic amines) is 1. The highest BCUT2D eigenvalue weighted by Crippen LogP contribution is 2.33. The topological polar surface area (TPSA) is 73.9 Å². The number of hydrazine groups is 1. The number of carbonyl (C=O) groups is 2. The average molecular weight is 415 g/mol. The maximum atomic E-state index is 13.2. The number of anilines is 2. The first-order valence-electron chi connectivity index (χ1n) is 9.46. The van der Waals surface area contributed by atoms with Crippen molar-refractivity contribution >= 4 is 34.8 Å². The third-order valence-corrected chi connectivity index (χ3v) is 5.71. The molecular weight excluding hydrogens is 392 g/mol. The molecule has 2 amide bonds. The Kier molecular flexibility index (Phi) is 5.45. The van der Waals surface area contributed by atoms with Crippen LogP contribution in [0.5, 0.6) is 5.75 Å². The van der Waals surface area contributed by atoms with E-state index in [0.29, 0.717) is 29.5 Å². The lowest BCUT2D eigenvalue weighted by Crippen LogP contribution is -2.55. The summed E-state index contributed by atoms with van der Waals surface area (Å²) >= 11 is 6.08. The van der Waals surface area contributed by atoms with Gasteiger partial charge in [0.2, 0.25) is 11.8 Å². The lowest BCUT2D eigenvalue weighted by Gasteiger charge is -2.36. The number of benzene rings is 2. The van der Waals surface area contributed by atoms with Crippen molar-refractivity contribution in [3.05, 3.63) is 53.6 Å². The fraction of sp³-hybridized carbons (Fsp3) is 0.333. The monoisotopic (exact) mass is 414 g/mol. The van der Waals surface area contributed by atoms with E-state index in [1.165, 1.54) is 7.11 Å². The maximum Gasteiger partial charge on any atom is 0.247 e. The third kappa shape index (κ3) is 3.81. The van der Waals surface area contributed by atoms with Crippen molar-refractivity contribution in [2.75, 3.05) is 37.6 Å². The second-order valence-corrected chi connectivity index (χ2v) is 7.87. The molecule has 3 unspecified atom stereocenters. The van der Waals surface area contributed by atoms with Gasteiger partial charge in [0.1, 0.15) is 5.75 Å². The van der Waals surface area contributed by atoms with Crippen molar-refractivity contribution in [3.63, 3.8) is 0 Å². The number of ether oxygens (including phenoxy) is 1. The number of nitrogens with zero attached hydrogens (tertiary/aromatic N) is 2. The molecule has 2 saturated heterocycles. The molecule has 0 radical (unpaired) electrons. The molecule has 8 heteroatoms. The number of nitrogens with one attached hydrogen (secondary N) is 2. The van der Waals surface area contributed by atoms with Crippen molar-refractivity contribution < 1.29 is 14.3 Å². The Morgan fingerprint density at radius 3 is 2.69 bits per heavy atom. The molecule has 29 heavy (non-hydrogen) atoms. The van der Waals surface area contributed by atoms with Crippen LogP contribution in [0.2, 0.25) is 5.02 Å². The number of carbonyl (C=O) groups excluding carboxylic acids is 2. The molecule has 2 heterocycles. The van der Waals surface area contributed by atoms with Crippen LogP contribution in [-0.4, -0.2) is 50.0 Å². The first kappa shape index (κ1) is 19.7. The van der Waals surface area contributed by atoms with Gasteiger partial charge in [-0.1, -0.05) is 29.8 Å². The summed E-state index contributed by atoms with van der Waals surface area (Å²) in [6, 6.07) is 14.2. The molecule has 2 aromatic carbocycles. The van der Waals surface area contributed by atoms with Gasteiger partial charge in [-0.15, -0.1) is 0 Å². The minimum absolute atomic E-state index is 0.0223. The predicted molar refractivity (Wildman–Crippen MR) is 112 cm³/mol. The van der Waals surface area contributed by atoms with Crippen LogP contribution in [0.1, 0.15) is 0 Å². The molecule has 0 saturated carbocycles. The van der Waals surface area contributed by atoms with Gasteiger partial charge in [-0.05, 0) is 37.4 Å². The van der Waals surface area contributed by atoms with E-state index in [1.807, 2.05) is 42.3 Å². The number of halogens is 1. The lowest BCUT2D eigenvalue weighted by molar-refractivity contribution is -0.125. The average Bonchev–Trinajstić information content (AvgIpc) is 3.05. The van der Waals surface area contributed by atoms with Crippen LogP contribution in [0.3, 0.4) is 0 Å². The summed E-state index contributed by atoms with van der Waals surface area (Å²) in [4.78, 5) is 28.2. The first-order chi connectivity index (χ1) is 14.0. The number of methoxy groups -OCH3 is 1. The van der Waals surface area contributed by atoms with E-state index in [4.69, 9.17) is 16.3 Å². The fourth-order valence-electron chi connectivity index (χ4n) is 4.07. The minimum atomic E-state index is -0.417. The standard InChI is InChI=1S/C21H23ClN4O3/c1-25-11-15(20(27)23-17-10-13(22)8-9-18(17)29-2)19-16(12-25)21(28)26(24-19)14-6-4-3-5-7-14/h3-10,15-16,19,24H,11-12H2,1-2H3,(H,23,27). The molecule has 2 fully saturated rings. The number of piperidine rings is 1. The summed E-state index contributed by atoms with van der Waals surface area (Å²) in [7, 11) is 3.47. The second kappa shape index (κ2) is 8.02. The second-order valence-electron chi connectivity index (χ2n) is 7.43. The summed E-state index contributed by atoms with van der Waals surface area (Å²) in [6.45, 7) is 1.14. The van der Waals surface area contributed by atoms with E-state index in [1.54, 1.807) is 23.2 Å². The van der Waals surface area contributed by atoms with Crippen LogP contribution in [0.25, 0.3) is 0 Å². The van der Waals surface area contributed by atoms with Crippen molar-refractivity contribution in [1.82, 2.24) is 10.3 Å². The molecule has 2 N–H and O–H groups in total. The van der Waals surface area contributed by atoms with Crippen molar-refractivity contribution in [1.29, 1.82) is 0 Å². The predicted octanol–water partition coefficient (Wildman–Crippen LogP) is 2.38. The quantitative estimate of drug-likeness (QED) is 0.803. The molecule has 2 aliphatic heterocycles. The Bertz CT molecular complexity index is 923. The molecular formula is C21H23ClN4O3. The molecule has 3 atom stereocenters. The molecule has 7 nitrogen and oxygen atoms in total. The van der Waals surface area contributed by atoms with Gasteiger partial charge >= 0.3 is 0 Å². The van der Waals surface area contributed by atoms with Gasteiger partial charge in [-0.3, -0.25) is 9.59 Å². The highest BCUT2D eigenvalue weighted by molar-refractivity contribution is 6.31. The number of fused-ring (bicyclic) bond motifs is 1. The Labute approximate surface area is 174 Å². The number of hydrogen-bond acceptors (Lipinski definition) is 5. The number of hydrogen-bond donors (Lipinski definition) is 2. The third-order valence-electron chi connectivity index (χ3n) is 5.47. The zero-order valence-corrected chi connectivity index (χ0v) is 17.0. The van der Waals surface area contributed by atoms with Crippen molar-refractivity contribution in [2.24, 2.45) is 11.8 Å². The molecule has 2 aliphatic rings. The Morgan fingerprint density at radius 2 is 1.97 bits per heavy atom. The number of rotatable bonds is 4. The van der Waals surface area contributed by atoms with E-state index in [2.05, 4.69) is 10.7 Å². The molecule has 0 aliphatic carbocycles. The lowest BCUT2D eigenvalue weighted by atomic mass is 9.84. The maximum absolute atomic E-state index is 13.2. The van der Waals surface area contributed by atoms with E-state index >= 15 is 0 Å². The zero-order valence-electron chi connectivity index (χ0n) is 16.3. The van der Waals surface area contributed by atoms with Crippen LogP contribution < -0.4 is 20.5 Å². The molecule has 2 aromatic rings. The largest absolute Gasteiger partial charge is 0.495 e. The van der Waals surface area contributed by atoms with Crippen LogP contribution in [-0.2, 0) is 9.59 Å². The SMILES string of the molecule is COc1ccc(Cl)cc1NC(=O)C1CN(C)CC2C(=O)N(c3ccccc3)NC12. The van der Waals surface area contributed by atoms with E-state index < -0.39 is 5.92 Å². The van der Waals surface area contributed by atoms with Crippen LogP contribution in [0.15, 0.2) is 48.5 Å². The van der Waals surface area contributed by atoms with Gasteiger partial charge in [0.25, 0.3) is 0 Å². The van der Waals surface area contributed by atoms with E-state index in [-0.39, 0.29) is 23.8 Å². The van der Waals surface area contributed by atoms with Crippen molar-refractivity contribution in [3.8, 4) is 5.75 Å². The summed E-state index contributed by atoms with van der Waals surface area (Å²) < 4.78 is 5.33. The van der Waals surface area contributed by atoms with Gasteiger partial charge in [0.15, 0.2) is 0 Å². The van der Waals surface area contributed by atoms with E-state index in [9.17, 15) is 9.59 Å².